The third-order valence-corrected chi connectivity index (χ3v) is 6.43. The Morgan fingerprint density at radius 1 is 0.824 bits per heavy atom. The first-order valence-corrected chi connectivity index (χ1v) is 11.7. The number of hydrogen-bond donors (Lipinski definition) is 1. The van der Waals surface area contributed by atoms with Crippen molar-refractivity contribution in [3.8, 4) is 5.75 Å². The number of amides is 1. The normalized spacial score (nSPS) is 14.2. The maximum Gasteiger partial charge on any atom is 0.255 e. The Morgan fingerprint density at radius 2 is 1.53 bits per heavy atom. The number of carbonyl (C=O) groups excluding carboxylic acids is 1. The Hall–Kier alpha value is -3.83. The molecule has 34 heavy (non-hydrogen) atoms. The Bertz CT molecular complexity index is 1280. The van der Waals surface area contributed by atoms with Gasteiger partial charge < -0.3 is 15.0 Å². The molecular formula is C29H29N3O2. The zero-order valence-electron chi connectivity index (χ0n) is 19.4. The summed E-state index contributed by atoms with van der Waals surface area (Å²) in [5.41, 5.74) is 3.85. The zero-order chi connectivity index (χ0) is 23.3. The molecule has 0 aromatic heterocycles. The lowest BCUT2D eigenvalue weighted by Gasteiger charge is -2.36. The van der Waals surface area contributed by atoms with Gasteiger partial charge in [-0.2, -0.15) is 0 Å². The maximum absolute atomic E-state index is 12.7. The number of para-hydroxylation sites is 2. The van der Waals surface area contributed by atoms with E-state index in [0.29, 0.717) is 5.56 Å². The minimum atomic E-state index is -0.0905. The molecule has 0 saturated carbocycles. The summed E-state index contributed by atoms with van der Waals surface area (Å²) >= 11 is 0. The second-order valence-corrected chi connectivity index (χ2v) is 8.65. The van der Waals surface area contributed by atoms with Crippen molar-refractivity contribution in [2.24, 2.45) is 0 Å². The van der Waals surface area contributed by atoms with Crippen molar-refractivity contribution < 1.29 is 9.53 Å². The van der Waals surface area contributed by atoms with Crippen LogP contribution in [0.4, 0.5) is 11.4 Å². The van der Waals surface area contributed by atoms with Crippen molar-refractivity contribution in [3.05, 3.63) is 102 Å². The second-order valence-electron chi connectivity index (χ2n) is 8.65. The average molecular weight is 452 g/mol. The summed E-state index contributed by atoms with van der Waals surface area (Å²) in [7, 11) is 1.72. The summed E-state index contributed by atoms with van der Waals surface area (Å²) in [6, 6.07) is 30.3. The van der Waals surface area contributed by atoms with Gasteiger partial charge in [0.15, 0.2) is 0 Å². The Kier molecular flexibility index (Phi) is 6.45. The fourth-order valence-electron chi connectivity index (χ4n) is 4.53. The molecule has 1 aliphatic rings. The lowest BCUT2D eigenvalue weighted by Crippen LogP contribution is -2.46. The Labute approximate surface area is 200 Å². The molecule has 1 aliphatic heterocycles. The highest BCUT2D eigenvalue weighted by Gasteiger charge is 2.19. The van der Waals surface area contributed by atoms with Gasteiger partial charge >= 0.3 is 0 Å². The summed E-state index contributed by atoms with van der Waals surface area (Å²) in [4.78, 5) is 17.6. The van der Waals surface area contributed by atoms with Crippen molar-refractivity contribution >= 4 is 28.1 Å². The number of benzene rings is 4. The molecular weight excluding hydrogens is 422 g/mol. The summed E-state index contributed by atoms with van der Waals surface area (Å²) < 4.78 is 5.52. The van der Waals surface area contributed by atoms with E-state index in [4.69, 9.17) is 4.74 Å². The average Bonchev–Trinajstić information content (AvgIpc) is 2.89. The van der Waals surface area contributed by atoms with E-state index in [1.54, 1.807) is 7.11 Å². The molecule has 1 N–H and O–H groups in total. The maximum atomic E-state index is 12.7. The predicted octanol–water partition coefficient (Wildman–Crippen LogP) is 5.42. The molecule has 1 heterocycles. The largest absolute Gasteiger partial charge is 0.495 e. The minimum Gasteiger partial charge on any atom is -0.495 e. The molecule has 0 spiro atoms. The highest BCUT2D eigenvalue weighted by Crippen LogP contribution is 2.28. The number of hydrogen-bond acceptors (Lipinski definition) is 4. The molecule has 0 radical (unpaired) electrons. The number of nitrogens with zero attached hydrogens (tertiary/aromatic N) is 2. The van der Waals surface area contributed by atoms with E-state index in [-0.39, 0.29) is 5.91 Å². The van der Waals surface area contributed by atoms with Gasteiger partial charge in [0.25, 0.3) is 5.91 Å². The molecule has 0 aliphatic carbocycles. The number of nitrogens with one attached hydrogen (secondary N) is 1. The molecule has 0 unspecified atom stereocenters. The zero-order valence-corrected chi connectivity index (χ0v) is 19.4. The van der Waals surface area contributed by atoms with Crippen LogP contribution in [0, 0.1) is 0 Å². The van der Waals surface area contributed by atoms with Gasteiger partial charge in [0, 0.05) is 44.0 Å². The highest BCUT2D eigenvalue weighted by molar-refractivity contribution is 6.05. The SMILES string of the molecule is COc1ccccc1N1CCN(Cc2ccc(C(=O)Nc3ccc4ccccc4c3)cc2)CC1. The van der Waals surface area contributed by atoms with Gasteiger partial charge in [-0.15, -0.1) is 0 Å². The standard InChI is InChI=1S/C29H29N3O2/c1-34-28-9-5-4-8-27(28)32-18-16-31(17-19-32)21-22-10-12-24(13-11-22)29(33)30-26-15-14-23-6-2-3-7-25(23)20-26/h2-15,20H,16-19,21H2,1H3,(H,30,33). The summed E-state index contributed by atoms with van der Waals surface area (Å²) in [6.07, 6.45) is 0. The van der Waals surface area contributed by atoms with Crippen LogP contribution in [-0.4, -0.2) is 44.1 Å². The van der Waals surface area contributed by atoms with Crippen LogP contribution in [-0.2, 0) is 6.54 Å². The van der Waals surface area contributed by atoms with Crippen LogP contribution in [0.25, 0.3) is 10.8 Å². The third kappa shape index (κ3) is 4.90. The number of carbonyl (C=O) groups is 1. The van der Waals surface area contributed by atoms with Crippen molar-refractivity contribution in [1.29, 1.82) is 0 Å². The molecule has 5 heteroatoms. The van der Waals surface area contributed by atoms with Crippen molar-refractivity contribution in [1.82, 2.24) is 4.90 Å². The van der Waals surface area contributed by atoms with Gasteiger partial charge in [-0.1, -0.05) is 54.6 Å². The van der Waals surface area contributed by atoms with Gasteiger partial charge in [0.05, 0.1) is 12.8 Å². The molecule has 1 amide bonds. The van der Waals surface area contributed by atoms with E-state index in [1.807, 2.05) is 54.6 Å². The fourth-order valence-corrected chi connectivity index (χ4v) is 4.53. The van der Waals surface area contributed by atoms with E-state index in [2.05, 4.69) is 51.5 Å². The number of rotatable bonds is 6. The fraction of sp³-hybridized carbons (Fsp3) is 0.207. The quantitative estimate of drug-likeness (QED) is 0.425. The number of anilines is 2. The minimum absolute atomic E-state index is 0.0905. The lowest BCUT2D eigenvalue weighted by molar-refractivity contribution is 0.102. The smallest absolute Gasteiger partial charge is 0.255 e. The molecule has 1 saturated heterocycles. The Morgan fingerprint density at radius 3 is 2.29 bits per heavy atom. The topological polar surface area (TPSA) is 44.8 Å². The van der Waals surface area contributed by atoms with Gasteiger partial charge in [-0.25, -0.2) is 0 Å². The monoisotopic (exact) mass is 451 g/mol. The van der Waals surface area contributed by atoms with Crippen molar-refractivity contribution in [2.75, 3.05) is 43.5 Å². The molecule has 5 nitrogen and oxygen atoms in total. The number of ether oxygens (including phenoxy) is 1. The van der Waals surface area contributed by atoms with E-state index in [0.717, 1.165) is 60.6 Å². The van der Waals surface area contributed by atoms with Crippen LogP contribution in [0.1, 0.15) is 15.9 Å². The molecule has 4 aromatic carbocycles. The molecule has 0 bridgehead atoms. The lowest BCUT2D eigenvalue weighted by atomic mass is 10.1. The summed E-state index contributed by atoms with van der Waals surface area (Å²) in [5.74, 6) is 0.834. The van der Waals surface area contributed by atoms with Gasteiger partial charge in [-0.3, -0.25) is 9.69 Å². The van der Waals surface area contributed by atoms with Crippen molar-refractivity contribution in [2.45, 2.75) is 6.54 Å². The second kappa shape index (κ2) is 9.98. The van der Waals surface area contributed by atoms with Gasteiger partial charge in [0.1, 0.15) is 5.75 Å². The van der Waals surface area contributed by atoms with E-state index >= 15 is 0 Å². The Balaban J connectivity index is 1.16. The van der Waals surface area contributed by atoms with E-state index < -0.39 is 0 Å². The van der Waals surface area contributed by atoms with Crippen LogP contribution in [0.2, 0.25) is 0 Å². The molecule has 4 aromatic rings. The first-order valence-electron chi connectivity index (χ1n) is 11.7. The molecule has 1 fully saturated rings. The third-order valence-electron chi connectivity index (χ3n) is 6.43. The van der Waals surface area contributed by atoms with Crippen LogP contribution < -0.4 is 15.0 Å². The van der Waals surface area contributed by atoms with Crippen LogP contribution >= 0.6 is 0 Å². The molecule has 172 valence electrons. The van der Waals surface area contributed by atoms with E-state index in [1.165, 1.54) is 5.56 Å². The van der Waals surface area contributed by atoms with E-state index in [9.17, 15) is 4.79 Å². The molecule has 5 rings (SSSR count). The molecule has 0 atom stereocenters. The van der Waals surface area contributed by atoms with Crippen LogP contribution in [0.3, 0.4) is 0 Å². The summed E-state index contributed by atoms with van der Waals surface area (Å²) in [6.45, 7) is 4.79. The summed E-state index contributed by atoms with van der Waals surface area (Å²) in [5, 5.41) is 5.29. The van der Waals surface area contributed by atoms with Gasteiger partial charge in [0.2, 0.25) is 0 Å². The number of piperazine rings is 1. The number of fused-ring (bicyclic) bond motifs is 1. The predicted molar refractivity (Wildman–Crippen MR) is 139 cm³/mol. The van der Waals surface area contributed by atoms with Crippen LogP contribution in [0.5, 0.6) is 5.75 Å². The highest BCUT2D eigenvalue weighted by atomic mass is 16.5. The first kappa shape index (κ1) is 22.0. The number of methoxy groups -OCH3 is 1. The first-order chi connectivity index (χ1) is 16.7. The van der Waals surface area contributed by atoms with Crippen molar-refractivity contribution in [3.63, 3.8) is 0 Å². The van der Waals surface area contributed by atoms with Gasteiger partial charge in [-0.05, 0) is 52.7 Å². The van der Waals surface area contributed by atoms with Crippen LogP contribution in [0.15, 0.2) is 91.0 Å².